The molecule has 8 heteroatoms. The standard InChI is InChI=1S/C27H28ClN3O4/c1-35-22-5-3-2-4-21(22)29-10-12-30(13-11-29)25(32)19-15-18(8-9-20(19)28)31-26(33)23-16-6-7-17(14-16)24(23)27(31)34/h2-5,8-9,15-17,23-24H,6-7,10-14H2,1H3/t16-,17-,23+,24+/m0/s1. The summed E-state index contributed by atoms with van der Waals surface area (Å²) in [7, 11) is 1.65. The molecule has 0 aromatic heterocycles. The van der Waals surface area contributed by atoms with Crippen molar-refractivity contribution in [2.75, 3.05) is 43.1 Å². The summed E-state index contributed by atoms with van der Waals surface area (Å²) in [4.78, 5) is 45.2. The first kappa shape index (κ1) is 22.4. The highest BCUT2D eigenvalue weighted by Gasteiger charge is 2.61. The van der Waals surface area contributed by atoms with Gasteiger partial charge in [-0.3, -0.25) is 19.3 Å². The topological polar surface area (TPSA) is 70.2 Å². The second-order valence-electron chi connectivity index (χ2n) is 10.0. The highest BCUT2D eigenvalue weighted by Crippen LogP contribution is 2.56. The van der Waals surface area contributed by atoms with Crippen molar-refractivity contribution in [2.24, 2.45) is 23.7 Å². The third-order valence-electron chi connectivity index (χ3n) is 8.36. The van der Waals surface area contributed by atoms with Crippen LogP contribution in [0.2, 0.25) is 5.02 Å². The SMILES string of the molecule is COc1ccccc1N1CCN(C(=O)c2cc(N3C(=O)[C@@H]4[C@H]5CC[C@@H](C5)[C@H]4C3=O)ccc2Cl)CC1. The lowest BCUT2D eigenvalue weighted by Gasteiger charge is -2.36. The molecule has 0 N–H and O–H groups in total. The van der Waals surface area contributed by atoms with Gasteiger partial charge in [-0.25, -0.2) is 0 Å². The normalized spacial score (nSPS) is 27.5. The molecule has 7 nitrogen and oxygen atoms in total. The summed E-state index contributed by atoms with van der Waals surface area (Å²) >= 11 is 6.44. The maximum Gasteiger partial charge on any atom is 0.255 e. The number of amides is 3. The van der Waals surface area contributed by atoms with Crippen LogP contribution in [0.5, 0.6) is 5.75 Å². The summed E-state index contributed by atoms with van der Waals surface area (Å²) in [6.45, 7) is 2.40. The summed E-state index contributed by atoms with van der Waals surface area (Å²) < 4.78 is 5.48. The Bertz CT molecular complexity index is 1180. The first-order valence-corrected chi connectivity index (χ1v) is 12.7. The summed E-state index contributed by atoms with van der Waals surface area (Å²) in [5, 5.41) is 0.324. The van der Waals surface area contributed by atoms with Gasteiger partial charge in [0.05, 0.1) is 40.9 Å². The Balaban J connectivity index is 1.20. The minimum Gasteiger partial charge on any atom is -0.495 e. The lowest BCUT2D eigenvalue weighted by atomic mass is 9.81. The van der Waals surface area contributed by atoms with Gasteiger partial charge in [0.25, 0.3) is 5.91 Å². The third kappa shape index (κ3) is 3.51. The van der Waals surface area contributed by atoms with Crippen LogP contribution in [-0.2, 0) is 9.59 Å². The van der Waals surface area contributed by atoms with Crippen molar-refractivity contribution in [3.8, 4) is 5.75 Å². The van der Waals surface area contributed by atoms with E-state index in [1.165, 1.54) is 4.90 Å². The number of anilines is 2. The van der Waals surface area contributed by atoms with Crippen LogP contribution < -0.4 is 14.5 Å². The van der Waals surface area contributed by atoms with Gasteiger partial charge in [-0.15, -0.1) is 0 Å². The van der Waals surface area contributed by atoms with Crippen molar-refractivity contribution in [1.82, 2.24) is 4.90 Å². The average molecular weight is 494 g/mol. The smallest absolute Gasteiger partial charge is 0.255 e. The van der Waals surface area contributed by atoms with Gasteiger partial charge >= 0.3 is 0 Å². The van der Waals surface area contributed by atoms with E-state index in [0.717, 1.165) is 30.7 Å². The van der Waals surface area contributed by atoms with Crippen LogP contribution in [0.15, 0.2) is 42.5 Å². The number of methoxy groups -OCH3 is 1. The number of carbonyl (C=O) groups is 3. The molecule has 2 saturated heterocycles. The second-order valence-corrected chi connectivity index (χ2v) is 10.4. The number of halogens is 1. The van der Waals surface area contributed by atoms with Gasteiger partial charge in [-0.1, -0.05) is 23.7 Å². The number of benzene rings is 2. The molecule has 2 aromatic carbocycles. The van der Waals surface area contributed by atoms with E-state index in [1.807, 2.05) is 24.3 Å². The predicted octanol–water partition coefficient (Wildman–Crippen LogP) is 3.85. The van der Waals surface area contributed by atoms with Crippen molar-refractivity contribution in [1.29, 1.82) is 0 Å². The molecule has 2 aromatic rings. The molecule has 6 rings (SSSR count). The fraction of sp³-hybridized carbons (Fsp3) is 0.444. The van der Waals surface area contributed by atoms with Crippen molar-refractivity contribution in [3.05, 3.63) is 53.1 Å². The van der Waals surface area contributed by atoms with Crippen molar-refractivity contribution in [2.45, 2.75) is 19.3 Å². The Morgan fingerprint density at radius 2 is 1.60 bits per heavy atom. The minimum atomic E-state index is -0.195. The zero-order valence-corrected chi connectivity index (χ0v) is 20.4. The molecule has 4 fully saturated rings. The van der Waals surface area contributed by atoms with Gasteiger partial charge in [-0.05, 0) is 61.4 Å². The average Bonchev–Trinajstić information content (AvgIpc) is 3.58. The molecule has 2 aliphatic heterocycles. The number of para-hydroxylation sites is 2. The molecule has 0 radical (unpaired) electrons. The molecule has 182 valence electrons. The van der Waals surface area contributed by atoms with E-state index < -0.39 is 0 Å². The molecule has 2 saturated carbocycles. The van der Waals surface area contributed by atoms with E-state index in [1.54, 1.807) is 30.2 Å². The number of hydrogen-bond acceptors (Lipinski definition) is 5. The van der Waals surface area contributed by atoms with Gasteiger partial charge in [-0.2, -0.15) is 0 Å². The molecule has 0 unspecified atom stereocenters. The predicted molar refractivity (Wildman–Crippen MR) is 133 cm³/mol. The Morgan fingerprint density at radius 1 is 0.943 bits per heavy atom. The minimum absolute atomic E-state index is 0.113. The molecular weight excluding hydrogens is 466 g/mol. The van der Waals surface area contributed by atoms with Crippen LogP contribution in [-0.4, -0.2) is 55.9 Å². The fourth-order valence-corrected chi connectivity index (χ4v) is 6.89. The number of carbonyl (C=O) groups excluding carboxylic acids is 3. The lowest BCUT2D eigenvalue weighted by molar-refractivity contribution is -0.123. The molecule has 3 amide bonds. The third-order valence-corrected chi connectivity index (χ3v) is 8.69. The van der Waals surface area contributed by atoms with Crippen LogP contribution in [0.1, 0.15) is 29.6 Å². The molecule has 2 aliphatic carbocycles. The van der Waals surface area contributed by atoms with E-state index in [-0.39, 0.29) is 29.6 Å². The molecule has 4 atom stereocenters. The Kier molecular flexibility index (Phi) is 5.48. The van der Waals surface area contributed by atoms with Gasteiger partial charge < -0.3 is 14.5 Å². The molecule has 35 heavy (non-hydrogen) atoms. The van der Waals surface area contributed by atoms with E-state index in [2.05, 4.69) is 4.90 Å². The Morgan fingerprint density at radius 3 is 2.26 bits per heavy atom. The molecule has 0 spiro atoms. The van der Waals surface area contributed by atoms with E-state index >= 15 is 0 Å². The number of rotatable bonds is 4. The Hall–Kier alpha value is -3.06. The van der Waals surface area contributed by atoms with Crippen LogP contribution in [0.25, 0.3) is 0 Å². The molecule has 2 heterocycles. The van der Waals surface area contributed by atoms with Gasteiger partial charge in [0.1, 0.15) is 5.75 Å². The van der Waals surface area contributed by atoms with Crippen LogP contribution >= 0.6 is 11.6 Å². The van der Waals surface area contributed by atoms with Gasteiger partial charge in [0.15, 0.2) is 0 Å². The largest absolute Gasteiger partial charge is 0.495 e. The number of nitrogens with zero attached hydrogens (tertiary/aromatic N) is 3. The molecular formula is C27H28ClN3O4. The van der Waals surface area contributed by atoms with E-state index in [9.17, 15) is 14.4 Å². The van der Waals surface area contributed by atoms with Crippen LogP contribution in [0.3, 0.4) is 0 Å². The maximum atomic E-state index is 13.4. The van der Waals surface area contributed by atoms with E-state index in [0.29, 0.717) is 54.3 Å². The lowest BCUT2D eigenvalue weighted by Crippen LogP contribution is -2.49. The van der Waals surface area contributed by atoms with Crippen LogP contribution in [0, 0.1) is 23.7 Å². The molecule has 2 bridgehead atoms. The van der Waals surface area contributed by atoms with Crippen molar-refractivity contribution >= 4 is 40.7 Å². The quantitative estimate of drug-likeness (QED) is 0.605. The highest BCUT2D eigenvalue weighted by atomic mass is 35.5. The number of hydrogen-bond donors (Lipinski definition) is 0. The Labute approximate surface area is 209 Å². The monoisotopic (exact) mass is 493 g/mol. The second kappa shape index (κ2) is 8.55. The van der Waals surface area contributed by atoms with Crippen molar-refractivity contribution < 1.29 is 19.1 Å². The highest BCUT2D eigenvalue weighted by molar-refractivity contribution is 6.34. The zero-order chi connectivity index (χ0) is 24.3. The molecule has 4 aliphatic rings. The van der Waals surface area contributed by atoms with Gasteiger partial charge in [0, 0.05) is 26.2 Å². The number of ether oxygens (including phenoxy) is 1. The summed E-state index contributed by atoms with van der Waals surface area (Å²) in [5.41, 5.74) is 1.79. The number of fused-ring (bicyclic) bond motifs is 5. The number of imide groups is 1. The summed E-state index contributed by atoms with van der Waals surface area (Å²) in [6, 6.07) is 12.8. The fourth-order valence-electron chi connectivity index (χ4n) is 6.69. The van der Waals surface area contributed by atoms with Crippen molar-refractivity contribution in [3.63, 3.8) is 0 Å². The van der Waals surface area contributed by atoms with E-state index in [4.69, 9.17) is 16.3 Å². The summed E-state index contributed by atoms with van der Waals surface area (Å²) in [5.74, 6) is 0.644. The zero-order valence-electron chi connectivity index (χ0n) is 19.7. The maximum absolute atomic E-state index is 13.4. The number of piperazine rings is 1. The van der Waals surface area contributed by atoms with Gasteiger partial charge in [0.2, 0.25) is 11.8 Å². The van der Waals surface area contributed by atoms with Crippen LogP contribution in [0.4, 0.5) is 11.4 Å². The summed E-state index contributed by atoms with van der Waals surface area (Å²) in [6.07, 6.45) is 3.06. The first-order chi connectivity index (χ1) is 17.0. The first-order valence-electron chi connectivity index (χ1n) is 12.3.